The van der Waals surface area contributed by atoms with Crippen molar-refractivity contribution in [3.8, 4) is 0 Å². The highest BCUT2D eigenvalue weighted by Crippen LogP contribution is 2.06. The summed E-state index contributed by atoms with van der Waals surface area (Å²) in [4.78, 5) is 35.9. The third-order valence-corrected chi connectivity index (χ3v) is 3.55. The van der Waals surface area contributed by atoms with Crippen LogP contribution in [0.5, 0.6) is 0 Å². The first kappa shape index (κ1) is 19.9. The molecule has 0 aliphatic carbocycles. The molecule has 27 heavy (non-hydrogen) atoms. The lowest BCUT2D eigenvalue weighted by Crippen LogP contribution is -2.39. The first-order valence-electron chi connectivity index (χ1n) is 8.42. The highest BCUT2D eigenvalue weighted by molar-refractivity contribution is 6.04. The lowest BCUT2D eigenvalue weighted by atomic mass is 10.1. The van der Waals surface area contributed by atoms with Crippen molar-refractivity contribution in [2.75, 3.05) is 0 Å². The minimum Gasteiger partial charge on any atom is -0.445 e. The molecule has 0 aliphatic rings. The monoisotopic (exact) mass is 367 g/mol. The van der Waals surface area contributed by atoms with Crippen molar-refractivity contribution < 1.29 is 23.9 Å². The third kappa shape index (κ3) is 6.78. The number of ketones is 1. The topological polar surface area (TPSA) is 81.7 Å². The standard InChI is InChI=1S/C21H21NO5/c1-15(13-19(23)18-11-7-4-8-12-18)27-20(24)16(2)22-21(25)26-14-17-9-5-3-6-10-17/h3-13,16H,14H2,1-2H3,(H,22,25)/t16-/m0/s1. The summed E-state index contributed by atoms with van der Waals surface area (Å²) in [6.45, 7) is 3.07. The van der Waals surface area contributed by atoms with Gasteiger partial charge in [-0.3, -0.25) is 4.79 Å². The Bertz CT molecular complexity index is 815. The molecule has 6 nitrogen and oxygen atoms in total. The molecule has 140 valence electrons. The van der Waals surface area contributed by atoms with Crippen molar-refractivity contribution >= 4 is 17.8 Å². The van der Waals surface area contributed by atoms with Crippen LogP contribution in [0.1, 0.15) is 29.8 Å². The Kier molecular flexibility index (Phi) is 7.31. The Balaban J connectivity index is 1.81. The van der Waals surface area contributed by atoms with E-state index in [4.69, 9.17) is 9.47 Å². The second kappa shape index (κ2) is 9.91. The maximum absolute atomic E-state index is 12.0. The fourth-order valence-electron chi connectivity index (χ4n) is 2.15. The number of amides is 1. The first-order chi connectivity index (χ1) is 13.0. The van der Waals surface area contributed by atoms with Gasteiger partial charge in [0.15, 0.2) is 5.78 Å². The van der Waals surface area contributed by atoms with Crippen LogP contribution in [0.15, 0.2) is 72.5 Å². The van der Waals surface area contributed by atoms with Gasteiger partial charge in [-0.25, -0.2) is 9.59 Å². The SMILES string of the molecule is CC(=CC(=O)c1ccccc1)OC(=O)[C@H](C)NC(=O)OCc1ccccc1. The number of rotatable bonds is 7. The van der Waals surface area contributed by atoms with Crippen LogP contribution >= 0.6 is 0 Å². The van der Waals surface area contributed by atoms with Crippen molar-refractivity contribution in [1.82, 2.24) is 5.32 Å². The summed E-state index contributed by atoms with van der Waals surface area (Å²) in [5.74, 6) is -0.829. The van der Waals surface area contributed by atoms with Gasteiger partial charge in [-0.05, 0) is 19.4 Å². The summed E-state index contributed by atoms with van der Waals surface area (Å²) >= 11 is 0. The summed E-state index contributed by atoms with van der Waals surface area (Å²) < 4.78 is 10.1. The van der Waals surface area contributed by atoms with Crippen LogP contribution in [0.25, 0.3) is 0 Å². The molecule has 0 aliphatic heterocycles. The number of carbonyl (C=O) groups is 3. The Morgan fingerprint density at radius 1 is 1.00 bits per heavy atom. The minimum atomic E-state index is -0.927. The maximum atomic E-state index is 12.0. The van der Waals surface area contributed by atoms with Crippen molar-refractivity contribution in [3.63, 3.8) is 0 Å². The van der Waals surface area contributed by atoms with Gasteiger partial charge in [-0.1, -0.05) is 60.7 Å². The molecule has 0 spiro atoms. The summed E-state index contributed by atoms with van der Waals surface area (Å²) in [7, 11) is 0. The van der Waals surface area contributed by atoms with Crippen molar-refractivity contribution in [3.05, 3.63) is 83.6 Å². The van der Waals surface area contributed by atoms with Gasteiger partial charge in [0.1, 0.15) is 18.4 Å². The zero-order valence-corrected chi connectivity index (χ0v) is 15.2. The molecule has 0 radical (unpaired) electrons. The van der Waals surface area contributed by atoms with Gasteiger partial charge >= 0.3 is 12.1 Å². The van der Waals surface area contributed by atoms with E-state index in [0.29, 0.717) is 5.56 Å². The van der Waals surface area contributed by atoms with Gasteiger partial charge in [-0.15, -0.1) is 0 Å². The molecule has 1 N–H and O–H groups in total. The van der Waals surface area contributed by atoms with E-state index >= 15 is 0 Å². The van der Waals surface area contributed by atoms with Gasteiger partial charge in [0, 0.05) is 11.6 Å². The number of alkyl carbamates (subject to hydrolysis) is 1. The lowest BCUT2D eigenvalue weighted by Gasteiger charge is -2.13. The second-order valence-corrected chi connectivity index (χ2v) is 5.83. The zero-order valence-electron chi connectivity index (χ0n) is 15.2. The Morgan fingerprint density at radius 3 is 2.22 bits per heavy atom. The van der Waals surface area contributed by atoms with Gasteiger partial charge in [0.25, 0.3) is 0 Å². The van der Waals surface area contributed by atoms with E-state index in [1.807, 2.05) is 30.3 Å². The van der Waals surface area contributed by atoms with E-state index in [1.165, 1.54) is 19.9 Å². The average Bonchev–Trinajstić information content (AvgIpc) is 2.67. The minimum absolute atomic E-state index is 0.0962. The van der Waals surface area contributed by atoms with Crippen LogP contribution < -0.4 is 5.32 Å². The Hall–Kier alpha value is -3.41. The van der Waals surface area contributed by atoms with Crippen LogP contribution in [0, 0.1) is 0 Å². The zero-order chi connectivity index (χ0) is 19.6. The average molecular weight is 367 g/mol. The number of ether oxygens (including phenoxy) is 2. The number of allylic oxidation sites excluding steroid dienone is 2. The Labute approximate surface area is 157 Å². The molecule has 0 saturated heterocycles. The maximum Gasteiger partial charge on any atom is 0.408 e. The lowest BCUT2D eigenvalue weighted by molar-refractivity contribution is -0.141. The fourth-order valence-corrected chi connectivity index (χ4v) is 2.15. The van der Waals surface area contributed by atoms with E-state index in [-0.39, 0.29) is 18.1 Å². The first-order valence-corrected chi connectivity index (χ1v) is 8.42. The van der Waals surface area contributed by atoms with Crippen LogP contribution in [0.4, 0.5) is 4.79 Å². The molecule has 1 atom stereocenters. The van der Waals surface area contributed by atoms with Crippen molar-refractivity contribution in [2.24, 2.45) is 0 Å². The van der Waals surface area contributed by atoms with Gasteiger partial charge in [0.05, 0.1) is 0 Å². The number of hydrogen-bond donors (Lipinski definition) is 1. The van der Waals surface area contributed by atoms with E-state index < -0.39 is 18.1 Å². The van der Waals surface area contributed by atoms with E-state index in [2.05, 4.69) is 5.32 Å². The molecule has 0 heterocycles. The second-order valence-electron chi connectivity index (χ2n) is 5.83. The van der Waals surface area contributed by atoms with E-state index in [0.717, 1.165) is 5.56 Å². The third-order valence-electron chi connectivity index (χ3n) is 3.55. The number of nitrogens with one attached hydrogen (secondary N) is 1. The summed E-state index contributed by atoms with van der Waals surface area (Å²) in [6.07, 6.45) is 0.499. The molecule has 2 aromatic rings. The van der Waals surface area contributed by atoms with Gasteiger partial charge in [-0.2, -0.15) is 0 Å². The molecular weight excluding hydrogens is 346 g/mol. The number of esters is 1. The highest BCUT2D eigenvalue weighted by Gasteiger charge is 2.19. The van der Waals surface area contributed by atoms with Crippen LogP contribution in [0.3, 0.4) is 0 Å². The van der Waals surface area contributed by atoms with Crippen LogP contribution in [0.2, 0.25) is 0 Å². The summed E-state index contributed by atoms with van der Waals surface area (Å²) in [5, 5.41) is 2.39. The van der Waals surface area contributed by atoms with Crippen molar-refractivity contribution in [2.45, 2.75) is 26.5 Å². The molecule has 2 rings (SSSR count). The number of carbonyl (C=O) groups excluding carboxylic acids is 3. The van der Waals surface area contributed by atoms with E-state index in [1.54, 1.807) is 30.3 Å². The summed E-state index contributed by atoms with van der Waals surface area (Å²) in [5.41, 5.74) is 1.32. The van der Waals surface area contributed by atoms with Gasteiger partial charge in [0.2, 0.25) is 0 Å². The largest absolute Gasteiger partial charge is 0.445 e. The molecule has 1 amide bonds. The molecule has 0 saturated carbocycles. The summed E-state index contributed by atoms with van der Waals surface area (Å²) in [6, 6.07) is 16.9. The van der Waals surface area contributed by atoms with E-state index in [9.17, 15) is 14.4 Å². The number of hydrogen-bond acceptors (Lipinski definition) is 5. The van der Waals surface area contributed by atoms with Crippen LogP contribution in [-0.2, 0) is 20.9 Å². The smallest absolute Gasteiger partial charge is 0.408 e. The predicted molar refractivity (Wildman–Crippen MR) is 99.8 cm³/mol. The molecule has 0 fully saturated rings. The van der Waals surface area contributed by atoms with Crippen molar-refractivity contribution in [1.29, 1.82) is 0 Å². The normalized spacial score (nSPS) is 12.0. The highest BCUT2D eigenvalue weighted by atomic mass is 16.6. The predicted octanol–water partition coefficient (Wildman–Crippen LogP) is 3.63. The Morgan fingerprint density at radius 2 is 1.59 bits per heavy atom. The molecular formula is C21H21NO5. The fraction of sp³-hybridized carbons (Fsp3) is 0.190. The van der Waals surface area contributed by atoms with Gasteiger partial charge < -0.3 is 14.8 Å². The molecule has 2 aromatic carbocycles. The molecule has 0 unspecified atom stereocenters. The quantitative estimate of drug-likeness (QED) is 0.350. The number of benzene rings is 2. The molecule has 0 bridgehead atoms. The van der Waals surface area contributed by atoms with Crippen LogP contribution in [-0.4, -0.2) is 23.9 Å². The molecule has 0 aromatic heterocycles. The molecule has 6 heteroatoms.